The number of ether oxygens (including phenoxy) is 1. The molecule has 5 heteroatoms. The largest absolute Gasteiger partial charge is 0.480 e. The molecule has 0 bridgehead atoms. The number of carbonyl (C=O) groups excluding carboxylic acids is 1. The lowest BCUT2D eigenvalue weighted by atomic mass is 10.1. The molecule has 0 spiro atoms. The van der Waals surface area contributed by atoms with E-state index in [4.69, 9.17) is 9.84 Å². The van der Waals surface area contributed by atoms with Crippen molar-refractivity contribution in [3.8, 4) is 0 Å². The summed E-state index contributed by atoms with van der Waals surface area (Å²) >= 11 is 0. The SMILES string of the molecule is O=C(O)COCC(=O)NC1Cc2ccccc2C1. The molecule has 0 fully saturated rings. The van der Waals surface area contributed by atoms with Gasteiger partial charge in [-0.05, 0) is 24.0 Å². The highest BCUT2D eigenvalue weighted by Crippen LogP contribution is 2.21. The maximum Gasteiger partial charge on any atom is 0.329 e. The molecule has 96 valence electrons. The summed E-state index contributed by atoms with van der Waals surface area (Å²) in [6.45, 7) is -0.655. The summed E-state index contributed by atoms with van der Waals surface area (Å²) in [5.41, 5.74) is 2.52. The van der Waals surface area contributed by atoms with Gasteiger partial charge in [-0.2, -0.15) is 0 Å². The molecule has 18 heavy (non-hydrogen) atoms. The van der Waals surface area contributed by atoms with Gasteiger partial charge in [0.1, 0.15) is 13.2 Å². The summed E-state index contributed by atoms with van der Waals surface area (Å²) < 4.78 is 4.73. The van der Waals surface area contributed by atoms with E-state index < -0.39 is 12.6 Å². The molecule has 1 aliphatic carbocycles. The first kappa shape index (κ1) is 12.6. The number of carbonyl (C=O) groups is 2. The predicted octanol–water partition coefficient (Wildman–Crippen LogP) is 0.371. The fraction of sp³-hybridized carbons (Fsp3) is 0.385. The van der Waals surface area contributed by atoms with Crippen molar-refractivity contribution >= 4 is 11.9 Å². The number of amides is 1. The molecule has 0 atom stereocenters. The van der Waals surface area contributed by atoms with Crippen LogP contribution in [0.2, 0.25) is 0 Å². The van der Waals surface area contributed by atoms with Gasteiger partial charge in [-0.1, -0.05) is 24.3 Å². The number of hydrogen-bond acceptors (Lipinski definition) is 3. The molecule has 0 heterocycles. The highest BCUT2D eigenvalue weighted by Gasteiger charge is 2.22. The Bertz CT molecular complexity index is 433. The molecule has 1 aromatic rings. The Morgan fingerprint density at radius 3 is 2.39 bits per heavy atom. The Kier molecular flexibility index (Phi) is 3.94. The molecule has 0 aromatic heterocycles. The monoisotopic (exact) mass is 249 g/mol. The second-order valence-corrected chi connectivity index (χ2v) is 4.33. The van der Waals surface area contributed by atoms with Crippen molar-refractivity contribution in [2.45, 2.75) is 18.9 Å². The molecular formula is C13H15NO4. The van der Waals surface area contributed by atoms with Crippen LogP contribution in [0.25, 0.3) is 0 Å². The average molecular weight is 249 g/mol. The van der Waals surface area contributed by atoms with E-state index in [1.165, 1.54) is 11.1 Å². The summed E-state index contributed by atoms with van der Waals surface area (Å²) in [5, 5.41) is 11.2. The standard InChI is InChI=1S/C13H15NO4/c15-12(7-18-8-13(16)17)14-11-5-9-3-1-2-4-10(9)6-11/h1-4,11H,5-8H2,(H,14,15)(H,16,17). The smallest absolute Gasteiger partial charge is 0.329 e. The van der Waals surface area contributed by atoms with Gasteiger partial charge in [-0.25, -0.2) is 4.79 Å². The molecule has 1 aromatic carbocycles. The molecule has 0 radical (unpaired) electrons. The Morgan fingerprint density at radius 1 is 1.22 bits per heavy atom. The zero-order valence-electron chi connectivity index (χ0n) is 9.89. The number of fused-ring (bicyclic) bond motifs is 1. The van der Waals surface area contributed by atoms with Crippen molar-refractivity contribution in [2.24, 2.45) is 0 Å². The number of carboxylic acid groups (broad SMARTS) is 1. The minimum Gasteiger partial charge on any atom is -0.480 e. The summed E-state index contributed by atoms with van der Waals surface area (Å²) in [5.74, 6) is -1.34. The molecule has 2 N–H and O–H groups in total. The highest BCUT2D eigenvalue weighted by atomic mass is 16.5. The van der Waals surface area contributed by atoms with Crippen LogP contribution in [0.3, 0.4) is 0 Å². The third-order valence-electron chi connectivity index (χ3n) is 2.87. The van der Waals surface area contributed by atoms with Crippen LogP contribution in [0, 0.1) is 0 Å². The quantitative estimate of drug-likeness (QED) is 0.790. The van der Waals surface area contributed by atoms with Crippen LogP contribution in [0.15, 0.2) is 24.3 Å². The van der Waals surface area contributed by atoms with Crippen molar-refractivity contribution in [3.63, 3.8) is 0 Å². The van der Waals surface area contributed by atoms with Gasteiger partial charge >= 0.3 is 5.97 Å². The molecule has 0 aliphatic heterocycles. The van der Waals surface area contributed by atoms with Crippen molar-refractivity contribution in [1.82, 2.24) is 5.32 Å². The molecule has 0 unspecified atom stereocenters. The molecule has 5 nitrogen and oxygen atoms in total. The van der Waals surface area contributed by atoms with Gasteiger partial charge in [0.2, 0.25) is 5.91 Å². The Labute approximate surface area is 105 Å². The first-order valence-corrected chi connectivity index (χ1v) is 5.81. The van der Waals surface area contributed by atoms with Crippen LogP contribution in [0.5, 0.6) is 0 Å². The van der Waals surface area contributed by atoms with E-state index in [0.717, 1.165) is 12.8 Å². The predicted molar refractivity (Wildman–Crippen MR) is 64.2 cm³/mol. The van der Waals surface area contributed by atoms with Gasteiger partial charge in [-0.3, -0.25) is 4.79 Å². The zero-order chi connectivity index (χ0) is 13.0. The second kappa shape index (κ2) is 5.64. The van der Waals surface area contributed by atoms with Crippen LogP contribution < -0.4 is 5.32 Å². The summed E-state index contributed by atoms with van der Waals surface area (Å²) in [7, 11) is 0. The maximum absolute atomic E-state index is 11.5. The lowest BCUT2D eigenvalue weighted by Crippen LogP contribution is -2.38. The highest BCUT2D eigenvalue weighted by molar-refractivity contribution is 5.78. The first-order valence-electron chi connectivity index (χ1n) is 5.81. The second-order valence-electron chi connectivity index (χ2n) is 4.33. The van der Waals surface area contributed by atoms with Gasteiger partial charge in [0, 0.05) is 6.04 Å². The van der Waals surface area contributed by atoms with Crippen LogP contribution >= 0.6 is 0 Å². The van der Waals surface area contributed by atoms with Crippen molar-refractivity contribution in [3.05, 3.63) is 35.4 Å². The van der Waals surface area contributed by atoms with E-state index in [1.807, 2.05) is 12.1 Å². The van der Waals surface area contributed by atoms with Crippen LogP contribution in [-0.2, 0) is 27.2 Å². The van der Waals surface area contributed by atoms with Crippen molar-refractivity contribution < 1.29 is 19.4 Å². The molecule has 0 saturated carbocycles. The van der Waals surface area contributed by atoms with E-state index in [-0.39, 0.29) is 18.6 Å². The van der Waals surface area contributed by atoms with Gasteiger partial charge < -0.3 is 15.2 Å². The van der Waals surface area contributed by atoms with E-state index in [2.05, 4.69) is 17.4 Å². The lowest BCUT2D eigenvalue weighted by molar-refractivity contribution is -0.143. The minimum absolute atomic E-state index is 0.0864. The maximum atomic E-state index is 11.5. The van der Waals surface area contributed by atoms with Gasteiger partial charge in [-0.15, -0.1) is 0 Å². The van der Waals surface area contributed by atoms with E-state index in [9.17, 15) is 9.59 Å². The molecule has 2 rings (SSSR count). The number of carboxylic acids is 1. The Balaban J connectivity index is 1.76. The van der Waals surface area contributed by atoms with E-state index >= 15 is 0 Å². The molecular weight excluding hydrogens is 234 g/mol. The van der Waals surface area contributed by atoms with E-state index in [0.29, 0.717) is 0 Å². The molecule has 0 saturated heterocycles. The zero-order valence-corrected chi connectivity index (χ0v) is 9.89. The van der Waals surface area contributed by atoms with E-state index in [1.54, 1.807) is 0 Å². The number of aliphatic carboxylic acids is 1. The van der Waals surface area contributed by atoms with Crippen molar-refractivity contribution in [2.75, 3.05) is 13.2 Å². The van der Waals surface area contributed by atoms with Gasteiger partial charge in [0.25, 0.3) is 0 Å². The fourth-order valence-electron chi connectivity index (χ4n) is 2.16. The first-order chi connectivity index (χ1) is 8.65. The van der Waals surface area contributed by atoms with Crippen molar-refractivity contribution in [1.29, 1.82) is 0 Å². The third-order valence-corrected chi connectivity index (χ3v) is 2.87. The Hall–Kier alpha value is -1.88. The minimum atomic E-state index is -1.07. The Morgan fingerprint density at radius 2 is 1.83 bits per heavy atom. The molecule has 1 aliphatic rings. The van der Waals surface area contributed by atoms with Crippen LogP contribution in [0.1, 0.15) is 11.1 Å². The average Bonchev–Trinajstić information content (AvgIpc) is 2.70. The fourth-order valence-corrected chi connectivity index (χ4v) is 2.16. The topological polar surface area (TPSA) is 75.6 Å². The number of nitrogens with one attached hydrogen (secondary N) is 1. The number of rotatable bonds is 5. The summed E-state index contributed by atoms with van der Waals surface area (Å²) in [6, 6.07) is 8.17. The summed E-state index contributed by atoms with van der Waals surface area (Å²) in [6.07, 6.45) is 1.64. The summed E-state index contributed by atoms with van der Waals surface area (Å²) in [4.78, 5) is 21.7. The number of hydrogen-bond donors (Lipinski definition) is 2. The number of benzene rings is 1. The van der Waals surface area contributed by atoms with Crippen LogP contribution in [-0.4, -0.2) is 36.2 Å². The van der Waals surface area contributed by atoms with Gasteiger partial charge in [0.15, 0.2) is 0 Å². The van der Waals surface area contributed by atoms with Gasteiger partial charge in [0.05, 0.1) is 0 Å². The lowest BCUT2D eigenvalue weighted by Gasteiger charge is -2.11. The normalized spacial score (nSPS) is 14.2. The third kappa shape index (κ3) is 3.30. The van der Waals surface area contributed by atoms with Crippen LogP contribution in [0.4, 0.5) is 0 Å². The molecule has 1 amide bonds.